The Morgan fingerprint density at radius 2 is 1.97 bits per heavy atom. The molecule has 0 spiro atoms. The minimum Gasteiger partial charge on any atom is -0.355 e. The van der Waals surface area contributed by atoms with Gasteiger partial charge in [0.1, 0.15) is 4.75 Å². The van der Waals surface area contributed by atoms with Crippen molar-refractivity contribution in [2.45, 2.75) is 35.8 Å². The van der Waals surface area contributed by atoms with Gasteiger partial charge in [-0.1, -0.05) is 12.8 Å². The summed E-state index contributed by atoms with van der Waals surface area (Å²) in [5.74, 6) is 0.0221. The molecule has 6 rings (SSSR count). The quantitative estimate of drug-likeness (QED) is 0.465. The highest BCUT2D eigenvalue weighted by atomic mass is 32.2. The molecule has 4 aromatic rings. The van der Waals surface area contributed by atoms with Crippen molar-refractivity contribution in [3.05, 3.63) is 53.7 Å². The van der Waals surface area contributed by atoms with E-state index in [1.807, 2.05) is 24.3 Å². The van der Waals surface area contributed by atoms with Gasteiger partial charge < -0.3 is 5.32 Å². The molecule has 0 bridgehead atoms. The maximum Gasteiger partial charge on any atom is 0.192 e. The van der Waals surface area contributed by atoms with E-state index in [0.717, 1.165) is 34.4 Å². The Morgan fingerprint density at radius 3 is 2.77 bits per heavy atom. The molecule has 31 heavy (non-hydrogen) atoms. The van der Waals surface area contributed by atoms with Gasteiger partial charge in [-0.2, -0.15) is 0 Å². The third kappa shape index (κ3) is 2.74. The number of rotatable bonds is 4. The van der Waals surface area contributed by atoms with E-state index in [4.69, 9.17) is 0 Å². The van der Waals surface area contributed by atoms with Crippen molar-refractivity contribution in [2.75, 3.05) is 5.32 Å². The van der Waals surface area contributed by atoms with Gasteiger partial charge in [-0.25, -0.2) is 13.4 Å². The fourth-order valence-electron chi connectivity index (χ4n) is 4.50. The molecule has 1 saturated carbocycles. The number of Topliss-reactive ketones (excluding diaryl/α,β-unsaturated/α-hetero) is 1. The summed E-state index contributed by atoms with van der Waals surface area (Å²) < 4.78 is 26.6. The maximum atomic E-state index is 13.4. The van der Waals surface area contributed by atoms with E-state index in [0.29, 0.717) is 23.2 Å². The van der Waals surface area contributed by atoms with Gasteiger partial charge in [0, 0.05) is 28.5 Å². The predicted molar refractivity (Wildman–Crippen MR) is 122 cm³/mol. The van der Waals surface area contributed by atoms with E-state index in [2.05, 4.69) is 15.3 Å². The van der Waals surface area contributed by atoms with Gasteiger partial charge in [0.25, 0.3) is 0 Å². The van der Waals surface area contributed by atoms with Gasteiger partial charge in [0.15, 0.2) is 15.6 Å². The molecule has 3 heterocycles. The van der Waals surface area contributed by atoms with Crippen LogP contribution in [-0.2, 0) is 9.84 Å². The molecule has 1 aliphatic carbocycles. The highest BCUT2D eigenvalue weighted by Crippen LogP contribution is 2.48. The van der Waals surface area contributed by atoms with Gasteiger partial charge in [-0.3, -0.25) is 9.78 Å². The van der Waals surface area contributed by atoms with Crippen molar-refractivity contribution in [1.82, 2.24) is 9.97 Å². The molecule has 6 nitrogen and oxygen atoms in total. The predicted octanol–water partition coefficient (Wildman–Crippen LogP) is 5.12. The number of carbonyl (C=O) groups excluding carboxylic acids is 1. The molecule has 0 radical (unpaired) electrons. The zero-order valence-corrected chi connectivity index (χ0v) is 18.4. The molecular weight excluding hydrogens is 430 g/mol. The van der Waals surface area contributed by atoms with Crippen LogP contribution in [0.1, 0.15) is 36.5 Å². The van der Waals surface area contributed by atoms with Crippen LogP contribution in [0.5, 0.6) is 0 Å². The molecule has 8 heteroatoms. The standard InChI is InChI=1S/C23H19N3O3S2/c1-23(11-13-2-3-13)22(27)16-9-18-15(10-21(16)31(23,28)29)17(6-7-24-18)26-14-4-5-20-19(8-14)25-12-30-20/h4-10,12-13H,2-3,11H2,1H3,(H,24,26). The summed E-state index contributed by atoms with van der Waals surface area (Å²) in [6.45, 7) is 1.59. The number of sulfone groups is 1. The zero-order chi connectivity index (χ0) is 21.4. The molecule has 1 unspecified atom stereocenters. The Morgan fingerprint density at radius 1 is 1.13 bits per heavy atom. The smallest absolute Gasteiger partial charge is 0.192 e. The molecule has 1 atom stereocenters. The van der Waals surface area contributed by atoms with Crippen LogP contribution in [0.4, 0.5) is 11.4 Å². The number of anilines is 2. The molecule has 2 aromatic heterocycles. The molecule has 0 saturated heterocycles. The van der Waals surface area contributed by atoms with Crippen LogP contribution in [0.15, 0.2) is 53.0 Å². The zero-order valence-electron chi connectivity index (χ0n) is 16.8. The number of carbonyl (C=O) groups is 1. The number of fused-ring (bicyclic) bond motifs is 3. The summed E-state index contributed by atoms with van der Waals surface area (Å²) in [7, 11) is -3.77. The summed E-state index contributed by atoms with van der Waals surface area (Å²) in [6, 6.07) is 11.0. The van der Waals surface area contributed by atoms with Gasteiger partial charge in [0.05, 0.1) is 26.1 Å². The largest absolute Gasteiger partial charge is 0.355 e. The average Bonchev–Trinajstić information content (AvgIpc) is 3.41. The van der Waals surface area contributed by atoms with E-state index < -0.39 is 14.6 Å². The second-order valence-electron chi connectivity index (χ2n) is 8.59. The van der Waals surface area contributed by atoms with Crippen molar-refractivity contribution in [3.8, 4) is 0 Å². The number of nitrogens with zero attached hydrogens (tertiary/aromatic N) is 2. The number of hydrogen-bond acceptors (Lipinski definition) is 7. The topological polar surface area (TPSA) is 89.0 Å². The van der Waals surface area contributed by atoms with Crippen LogP contribution in [0.2, 0.25) is 0 Å². The highest BCUT2D eigenvalue weighted by molar-refractivity contribution is 7.94. The van der Waals surface area contributed by atoms with Crippen molar-refractivity contribution in [1.29, 1.82) is 0 Å². The fraction of sp³-hybridized carbons (Fsp3) is 0.261. The molecule has 0 amide bonds. The summed E-state index contributed by atoms with van der Waals surface area (Å²) in [4.78, 5) is 22.1. The third-order valence-electron chi connectivity index (χ3n) is 6.43. The van der Waals surface area contributed by atoms with E-state index >= 15 is 0 Å². The lowest BCUT2D eigenvalue weighted by molar-refractivity contribution is 0.0943. The van der Waals surface area contributed by atoms with Gasteiger partial charge >= 0.3 is 0 Å². The van der Waals surface area contributed by atoms with E-state index in [9.17, 15) is 13.2 Å². The van der Waals surface area contributed by atoms with E-state index in [1.54, 1.807) is 42.1 Å². The monoisotopic (exact) mass is 449 g/mol. The van der Waals surface area contributed by atoms with Crippen molar-refractivity contribution in [3.63, 3.8) is 0 Å². The number of thiazole rings is 1. The average molecular weight is 450 g/mol. The summed E-state index contributed by atoms with van der Waals surface area (Å²) in [6.07, 6.45) is 4.05. The van der Waals surface area contributed by atoms with Gasteiger partial charge in [-0.15, -0.1) is 11.3 Å². The molecule has 156 valence electrons. The van der Waals surface area contributed by atoms with Crippen LogP contribution in [0.25, 0.3) is 21.1 Å². The number of ketones is 1. The summed E-state index contributed by atoms with van der Waals surface area (Å²) >= 11 is 1.58. The van der Waals surface area contributed by atoms with Crippen LogP contribution in [-0.4, -0.2) is 28.9 Å². The lowest BCUT2D eigenvalue weighted by Gasteiger charge is -2.20. The Balaban J connectivity index is 1.48. The van der Waals surface area contributed by atoms with E-state index in [1.165, 1.54) is 0 Å². The lowest BCUT2D eigenvalue weighted by atomic mass is 9.93. The van der Waals surface area contributed by atoms with Crippen LogP contribution in [0, 0.1) is 5.92 Å². The second kappa shape index (κ2) is 6.34. The van der Waals surface area contributed by atoms with Crippen molar-refractivity contribution >= 4 is 59.5 Å². The first kappa shape index (κ1) is 18.9. The van der Waals surface area contributed by atoms with Crippen LogP contribution in [0.3, 0.4) is 0 Å². The van der Waals surface area contributed by atoms with E-state index in [-0.39, 0.29) is 16.2 Å². The molecule has 2 aliphatic rings. The SMILES string of the molecule is CC1(CC2CC2)C(=O)c2cc3nccc(Nc4ccc5scnc5c4)c3cc2S1(=O)=O. The molecule has 1 aliphatic heterocycles. The molecule has 1 fully saturated rings. The van der Waals surface area contributed by atoms with Crippen molar-refractivity contribution < 1.29 is 13.2 Å². The Hall–Kier alpha value is -2.84. The maximum absolute atomic E-state index is 13.4. The van der Waals surface area contributed by atoms with Crippen molar-refractivity contribution in [2.24, 2.45) is 5.92 Å². The number of nitrogens with one attached hydrogen (secondary N) is 1. The number of pyridine rings is 1. The summed E-state index contributed by atoms with van der Waals surface area (Å²) in [5.41, 5.74) is 5.16. The molecule has 2 aromatic carbocycles. The van der Waals surface area contributed by atoms with Gasteiger partial charge in [0.2, 0.25) is 0 Å². The normalized spacial score (nSPS) is 22.2. The number of hydrogen-bond donors (Lipinski definition) is 1. The first-order valence-electron chi connectivity index (χ1n) is 10.2. The van der Waals surface area contributed by atoms with Gasteiger partial charge in [-0.05, 0) is 55.7 Å². The Kier molecular flexibility index (Phi) is 3.86. The third-order valence-corrected chi connectivity index (χ3v) is 9.70. The first-order chi connectivity index (χ1) is 14.9. The highest BCUT2D eigenvalue weighted by Gasteiger charge is 2.56. The number of benzene rings is 2. The lowest BCUT2D eigenvalue weighted by Crippen LogP contribution is -2.38. The molecular formula is C23H19N3O3S2. The first-order valence-corrected chi connectivity index (χ1v) is 12.6. The second-order valence-corrected chi connectivity index (χ2v) is 11.8. The molecule has 1 N–H and O–H groups in total. The van der Waals surface area contributed by atoms with Crippen LogP contribution >= 0.6 is 11.3 Å². The van der Waals surface area contributed by atoms with Crippen LogP contribution < -0.4 is 5.32 Å². The fourth-order valence-corrected chi connectivity index (χ4v) is 7.16. The Labute approximate surface area is 183 Å². The Bertz CT molecular complexity index is 1510. The summed E-state index contributed by atoms with van der Waals surface area (Å²) in [5, 5.41) is 4.04. The number of aromatic nitrogens is 2. The minimum absolute atomic E-state index is 0.124. The minimum atomic E-state index is -3.77.